The fourth-order valence-electron chi connectivity index (χ4n) is 2.19. The van der Waals surface area contributed by atoms with Gasteiger partial charge in [-0.2, -0.15) is 5.10 Å². The van der Waals surface area contributed by atoms with E-state index >= 15 is 0 Å². The number of carbonyl (C=O) groups excluding carboxylic acids is 1. The van der Waals surface area contributed by atoms with Crippen LogP contribution in [0, 0.1) is 5.92 Å². The molecule has 0 saturated heterocycles. The Morgan fingerprint density at radius 2 is 2.08 bits per heavy atom. The molecule has 7 nitrogen and oxygen atoms in total. The highest BCUT2D eigenvalue weighted by atomic mass is 35.5. The third-order valence-electron chi connectivity index (χ3n) is 3.57. The predicted molar refractivity (Wildman–Crippen MR) is 90.3 cm³/mol. The van der Waals surface area contributed by atoms with Crippen LogP contribution in [0.1, 0.15) is 5.56 Å². The van der Waals surface area contributed by atoms with Gasteiger partial charge in [0.25, 0.3) is 5.56 Å². The molecule has 0 aliphatic heterocycles. The van der Waals surface area contributed by atoms with Crippen molar-refractivity contribution in [3.8, 4) is 5.75 Å². The van der Waals surface area contributed by atoms with Crippen LogP contribution in [0.4, 0.5) is 5.69 Å². The number of hydrogen-bond donors (Lipinski definition) is 2. The van der Waals surface area contributed by atoms with E-state index in [-0.39, 0.29) is 23.3 Å². The Balaban J connectivity index is 2.12. The van der Waals surface area contributed by atoms with Gasteiger partial charge in [0.15, 0.2) is 0 Å². The first kappa shape index (κ1) is 17.8. The Kier molecular flexibility index (Phi) is 5.81. The number of nitrogens with one attached hydrogen (secondary N) is 1. The molecule has 8 heteroatoms. The summed E-state index contributed by atoms with van der Waals surface area (Å²) in [5.74, 6) is -0.715. The fourth-order valence-corrected chi connectivity index (χ4v) is 2.43. The number of rotatable bonds is 6. The Bertz CT molecular complexity index is 774. The molecular weight excluding hydrogens is 334 g/mol. The average molecular weight is 352 g/mol. The van der Waals surface area contributed by atoms with Crippen LogP contribution in [0.3, 0.4) is 0 Å². The van der Waals surface area contributed by atoms with E-state index in [1.54, 1.807) is 24.3 Å². The number of aromatic nitrogens is 2. The molecule has 0 fully saturated rings. The first-order chi connectivity index (χ1) is 11.4. The molecule has 1 atom stereocenters. The van der Waals surface area contributed by atoms with Gasteiger partial charge in [0.2, 0.25) is 0 Å². The Morgan fingerprint density at radius 3 is 2.71 bits per heavy atom. The lowest BCUT2D eigenvalue weighted by Crippen LogP contribution is -2.28. The van der Waals surface area contributed by atoms with Gasteiger partial charge in [-0.3, -0.25) is 9.59 Å². The van der Waals surface area contributed by atoms with Gasteiger partial charge in [0, 0.05) is 13.6 Å². The maximum Gasteiger partial charge on any atom is 0.310 e. The summed E-state index contributed by atoms with van der Waals surface area (Å²) in [6, 6.07) is 6.58. The number of anilines is 1. The van der Waals surface area contributed by atoms with Crippen LogP contribution in [0.5, 0.6) is 5.75 Å². The van der Waals surface area contributed by atoms with E-state index < -0.39 is 11.5 Å². The number of phenolic OH excluding ortho intramolecular Hbond substituents is 1. The highest BCUT2D eigenvalue weighted by Crippen LogP contribution is 2.18. The van der Waals surface area contributed by atoms with Gasteiger partial charge in [-0.05, 0) is 24.1 Å². The zero-order chi connectivity index (χ0) is 17.7. The molecule has 0 spiro atoms. The van der Waals surface area contributed by atoms with Crippen molar-refractivity contribution in [3.63, 3.8) is 0 Å². The van der Waals surface area contributed by atoms with Crippen molar-refractivity contribution in [3.05, 3.63) is 51.4 Å². The molecule has 0 aliphatic rings. The predicted octanol–water partition coefficient (Wildman–Crippen LogP) is 1.58. The lowest BCUT2D eigenvalue weighted by molar-refractivity contribution is -0.144. The zero-order valence-electron chi connectivity index (χ0n) is 13.3. The second-order valence-electron chi connectivity index (χ2n) is 5.27. The minimum Gasteiger partial charge on any atom is -0.508 e. The number of aromatic hydroxyl groups is 1. The second-order valence-corrected chi connectivity index (χ2v) is 5.65. The molecule has 2 N–H and O–H groups in total. The lowest BCUT2D eigenvalue weighted by atomic mass is 9.99. The van der Waals surface area contributed by atoms with E-state index in [1.807, 2.05) is 0 Å². The van der Waals surface area contributed by atoms with E-state index in [1.165, 1.54) is 20.4 Å². The Hall–Kier alpha value is -2.54. The quantitative estimate of drug-likeness (QED) is 0.767. The molecule has 24 heavy (non-hydrogen) atoms. The molecule has 1 heterocycles. The number of phenols is 1. The smallest absolute Gasteiger partial charge is 0.310 e. The van der Waals surface area contributed by atoms with Gasteiger partial charge in [-0.25, -0.2) is 4.68 Å². The molecular formula is C16H18ClN3O4. The monoisotopic (exact) mass is 351 g/mol. The molecule has 1 unspecified atom stereocenters. The molecule has 2 aromatic rings. The number of ether oxygens (including phenoxy) is 1. The topological polar surface area (TPSA) is 93.5 Å². The molecule has 0 saturated carbocycles. The molecule has 0 aliphatic carbocycles. The van der Waals surface area contributed by atoms with Crippen molar-refractivity contribution in [1.29, 1.82) is 0 Å². The molecule has 0 amide bonds. The lowest BCUT2D eigenvalue weighted by Gasteiger charge is -2.17. The van der Waals surface area contributed by atoms with Crippen molar-refractivity contribution in [1.82, 2.24) is 9.78 Å². The number of hydrogen-bond acceptors (Lipinski definition) is 6. The molecule has 0 radical (unpaired) electrons. The largest absolute Gasteiger partial charge is 0.508 e. The Labute approximate surface area is 143 Å². The highest BCUT2D eigenvalue weighted by Gasteiger charge is 2.20. The van der Waals surface area contributed by atoms with Crippen molar-refractivity contribution in [2.45, 2.75) is 6.42 Å². The van der Waals surface area contributed by atoms with Crippen LogP contribution in [-0.2, 0) is 23.0 Å². The van der Waals surface area contributed by atoms with Crippen LogP contribution in [0.2, 0.25) is 5.02 Å². The molecule has 1 aromatic carbocycles. The number of carbonyl (C=O) groups is 1. The van der Waals surface area contributed by atoms with Crippen LogP contribution < -0.4 is 10.9 Å². The van der Waals surface area contributed by atoms with E-state index in [4.69, 9.17) is 16.3 Å². The van der Waals surface area contributed by atoms with Gasteiger partial charge in [0.1, 0.15) is 10.8 Å². The number of esters is 1. The number of methoxy groups -OCH3 is 1. The number of halogens is 1. The van der Waals surface area contributed by atoms with E-state index in [0.717, 1.165) is 10.2 Å². The van der Waals surface area contributed by atoms with Crippen molar-refractivity contribution >= 4 is 23.3 Å². The minimum absolute atomic E-state index is 0.0146. The summed E-state index contributed by atoms with van der Waals surface area (Å²) in [4.78, 5) is 23.7. The van der Waals surface area contributed by atoms with Gasteiger partial charge in [-0.1, -0.05) is 23.7 Å². The SMILES string of the molecule is COC(=O)C(CNc1cnn(C)c(=O)c1Cl)Cc1ccc(O)cc1. The van der Waals surface area contributed by atoms with Gasteiger partial charge in [-0.15, -0.1) is 0 Å². The number of nitrogens with zero attached hydrogens (tertiary/aromatic N) is 2. The molecule has 1 aromatic heterocycles. The summed E-state index contributed by atoms with van der Waals surface area (Å²) in [6.07, 6.45) is 1.84. The van der Waals surface area contributed by atoms with Crippen molar-refractivity contribution in [2.75, 3.05) is 19.0 Å². The third-order valence-corrected chi connectivity index (χ3v) is 3.94. The highest BCUT2D eigenvalue weighted by molar-refractivity contribution is 6.32. The maximum absolute atomic E-state index is 12.0. The average Bonchev–Trinajstić information content (AvgIpc) is 2.59. The number of aryl methyl sites for hydroxylation is 1. The summed E-state index contributed by atoms with van der Waals surface area (Å²) in [5.41, 5.74) is 0.812. The van der Waals surface area contributed by atoms with Crippen molar-refractivity contribution < 1.29 is 14.6 Å². The van der Waals surface area contributed by atoms with Crippen LogP contribution in [-0.4, -0.2) is 34.5 Å². The summed E-state index contributed by atoms with van der Waals surface area (Å²) >= 11 is 5.99. The van der Waals surface area contributed by atoms with Crippen LogP contribution >= 0.6 is 11.6 Å². The molecule has 128 valence electrons. The fraction of sp³-hybridized carbons (Fsp3) is 0.312. The second kappa shape index (κ2) is 7.83. The van der Waals surface area contributed by atoms with Crippen LogP contribution in [0.15, 0.2) is 35.3 Å². The van der Waals surface area contributed by atoms with E-state index in [2.05, 4.69) is 10.4 Å². The van der Waals surface area contributed by atoms with Gasteiger partial charge >= 0.3 is 5.97 Å². The minimum atomic E-state index is -0.486. The summed E-state index contributed by atoms with van der Waals surface area (Å²) in [5, 5.41) is 16.2. The van der Waals surface area contributed by atoms with Gasteiger partial charge < -0.3 is 15.2 Å². The van der Waals surface area contributed by atoms with Gasteiger partial charge in [0.05, 0.1) is 24.9 Å². The molecule has 0 bridgehead atoms. The first-order valence-corrected chi connectivity index (χ1v) is 7.61. The third kappa shape index (κ3) is 4.26. The van der Waals surface area contributed by atoms with E-state index in [9.17, 15) is 14.7 Å². The standard InChI is InChI=1S/C16H18ClN3O4/c1-20-15(22)14(17)13(9-19-20)18-8-11(16(23)24-2)7-10-3-5-12(21)6-4-10/h3-6,9,11,18,21H,7-8H2,1-2H3. The number of benzene rings is 1. The summed E-state index contributed by atoms with van der Waals surface area (Å²) in [7, 11) is 2.82. The Morgan fingerprint density at radius 1 is 1.42 bits per heavy atom. The molecule has 2 rings (SSSR count). The normalized spacial score (nSPS) is 11.8. The van der Waals surface area contributed by atoms with Crippen LogP contribution in [0.25, 0.3) is 0 Å². The zero-order valence-corrected chi connectivity index (χ0v) is 14.1. The van der Waals surface area contributed by atoms with Crippen molar-refractivity contribution in [2.24, 2.45) is 13.0 Å². The van der Waals surface area contributed by atoms with E-state index in [0.29, 0.717) is 12.1 Å². The summed E-state index contributed by atoms with van der Waals surface area (Å²) in [6.45, 7) is 0.224. The summed E-state index contributed by atoms with van der Waals surface area (Å²) < 4.78 is 5.95. The first-order valence-electron chi connectivity index (χ1n) is 7.23. The maximum atomic E-state index is 12.0.